The monoisotopic (exact) mass is 376 g/mol. The molecule has 0 spiro atoms. The number of nitrogens with one attached hydrogen (secondary N) is 2. The second kappa shape index (κ2) is 8.25. The highest BCUT2D eigenvalue weighted by Gasteiger charge is 2.21. The lowest BCUT2D eigenvalue weighted by Crippen LogP contribution is -2.25. The zero-order valence-corrected chi connectivity index (χ0v) is 15.4. The number of hydrogen-bond acceptors (Lipinski definition) is 3. The molecular weight excluding hydrogens is 355 g/mol. The molecule has 5 nitrogen and oxygen atoms in total. The Bertz CT molecular complexity index is 924. The van der Waals surface area contributed by atoms with Gasteiger partial charge < -0.3 is 5.32 Å². The minimum atomic E-state index is -4.08. The van der Waals surface area contributed by atoms with Gasteiger partial charge >= 0.3 is 0 Å². The highest BCUT2D eigenvalue weighted by Crippen LogP contribution is 2.24. The van der Waals surface area contributed by atoms with E-state index < -0.39 is 26.6 Å². The summed E-state index contributed by atoms with van der Waals surface area (Å²) >= 11 is 0. The van der Waals surface area contributed by atoms with Crippen LogP contribution >= 0.6 is 0 Å². The van der Waals surface area contributed by atoms with Crippen LogP contribution in [0.15, 0.2) is 60.0 Å². The molecule has 0 saturated carbocycles. The molecule has 26 heavy (non-hydrogen) atoms. The molecule has 7 heteroatoms. The van der Waals surface area contributed by atoms with Gasteiger partial charge in [-0.2, -0.15) is 0 Å². The fraction of sp³-hybridized carbons (Fsp3) is 0.211. The van der Waals surface area contributed by atoms with Crippen LogP contribution < -0.4 is 10.0 Å². The summed E-state index contributed by atoms with van der Waals surface area (Å²) in [4.78, 5) is 11.9. The first-order valence-electron chi connectivity index (χ1n) is 8.06. The Kier molecular flexibility index (Phi) is 6.28. The first-order valence-corrected chi connectivity index (χ1v) is 9.55. The Morgan fingerprint density at radius 2 is 1.92 bits per heavy atom. The molecule has 0 aromatic heterocycles. The molecule has 2 aromatic carbocycles. The van der Waals surface area contributed by atoms with Crippen molar-refractivity contribution in [1.82, 2.24) is 4.72 Å². The van der Waals surface area contributed by atoms with E-state index in [-0.39, 0.29) is 18.0 Å². The van der Waals surface area contributed by atoms with E-state index in [1.54, 1.807) is 12.1 Å². The highest BCUT2D eigenvalue weighted by atomic mass is 32.2. The number of carbonyl (C=O) groups excluding carboxylic acids is 1. The van der Waals surface area contributed by atoms with Gasteiger partial charge in [0.15, 0.2) is 0 Å². The van der Waals surface area contributed by atoms with Gasteiger partial charge in [-0.25, -0.2) is 17.5 Å². The Morgan fingerprint density at radius 3 is 2.58 bits per heavy atom. The van der Waals surface area contributed by atoms with Crippen molar-refractivity contribution in [3.05, 3.63) is 72.1 Å². The summed E-state index contributed by atoms with van der Waals surface area (Å²) in [6, 6.07) is 10.6. The van der Waals surface area contributed by atoms with Crippen LogP contribution in [0.25, 0.3) is 0 Å². The molecule has 0 aliphatic rings. The number of amides is 1. The maximum Gasteiger partial charge on any atom is 0.255 e. The number of carbonyl (C=O) groups is 1. The number of sulfonamides is 1. The summed E-state index contributed by atoms with van der Waals surface area (Å²) in [6.07, 6.45) is 1.34. The zero-order valence-electron chi connectivity index (χ0n) is 14.6. The van der Waals surface area contributed by atoms with E-state index in [0.717, 1.165) is 17.7 Å². The number of para-hydroxylation sites is 1. The van der Waals surface area contributed by atoms with Crippen LogP contribution in [0.1, 0.15) is 35.7 Å². The lowest BCUT2D eigenvalue weighted by Gasteiger charge is -2.14. The molecule has 0 unspecified atom stereocenters. The molecule has 0 bridgehead atoms. The van der Waals surface area contributed by atoms with Crippen LogP contribution in [0, 0.1) is 5.82 Å². The third-order valence-electron chi connectivity index (χ3n) is 3.73. The molecule has 0 saturated heterocycles. The van der Waals surface area contributed by atoms with Crippen LogP contribution in [0.3, 0.4) is 0 Å². The first kappa shape index (κ1) is 19.8. The lowest BCUT2D eigenvalue weighted by molar-refractivity contribution is 0.102. The van der Waals surface area contributed by atoms with E-state index in [1.807, 2.05) is 26.0 Å². The van der Waals surface area contributed by atoms with Gasteiger partial charge in [0.2, 0.25) is 10.0 Å². The Hall–Kier alpha value is -2.51. The summed E-state index contributed by atoms with van der Waals surface area (Å²) in [5.41, 5.74) is 1.62. The smallest absolute Gasteiger partial charge is 0.255 e. The predicted octanol–water partition coefficient (Wildman–Crippen LogP) is 3.67. The Labute approximate surface area is 153 Å². The first-order chi connectivity index (χ1) is 12.3. The van der Waals surface area contributed by atoms with Crippen molar-refractivity contribution in [1.29, 1.82) is 0 Å². The normalized spacial score (nSPS) is 11.4. The molecule has 0 aliphatic carbocycles. The van der Waals surface area contributed by atoms with Crippen LogP contribution in [0.5, 0.6) is 0 Å². The number of benzene rings is 2. The minimum absolute atomic E-state index is 0.0417. The van der Waals surface area contributed by atoms with Gasteiger partial charge in [0.1, 0.15) is 10.7 Å². The second-order valence-electron chi connectivity index (χ2n) is 5.98. The van der Waals surface area contributed by atoms with Gasteiger partial charge in [0.25, 0.3) is 5.91 Å². The molecule has 2 rings (SSSR count). The van der Waals surface area contributed by atoms with E-state index in [2.05, 4.69) is 16.6 Å². The molecule has 0 heterocycles. The predicted molar refractivity (Wildman–Crippen MR) is 100 cm³/mol. The van der Waals surface area contributed by atoms with Crippen molar-refractivity contribution in [3.8, 4) is 0 Å². The summed E-state index contributed by atoms with van der Waals surface area (Å²) in [6.45, 7) is 7.37. The molecule has 138 valence electrons. The summed E-state index contributed by atoms with van der Waals surface area (Å²) in [5, 5.41) is 2.76. The summed E-state index contributed by atoms with van der Waals surface area (Å²) < 4.78 is 40.5. The van der Waals surface area contributed by atoms with Gasteiger partial charge in [0, 0.05) is 17.8 Å². The third-order valence-corrected chi connectivity index (χ3v) is 5.17. The van der Waals surface area contributed by atoms with Gasteiger partial charge in [-0.1, -0.05) is 38.1 Å². The summed E-state index contributed by atoms with van der Waals surface area (Å²) in [7, 11) is -4.08. The van der Waals surface area contributed by atoms with Gasteiger partial charge in [0.05, 0.1) is 0 Å². The van der Waals surface area contributed by atoms with Crippen molar-refractivity contribution in [3.63, 3.8) is 0 Å². The molecule has 0 aliphatic heterocycles. The number of hydrogen-bond donors (Lipinski definition) is 2. The fourth-order valence-electron chi connectivity index (χ4n) is 2.41. The van der Waals surface area contributed by atoms with Crippen molar-refractivity contribution >= 4 is 21.6 Å². The highest BCUT2D eigenvalue weighted by molar-refractivity contribution is 7.89. The van der Waals surface area contributed by atoms with Gasteiger partial charge in [-0.15, -0.1) is 6.58 Å². The van der Waals surface area contributed by atoms with Crippen LogP contribution in [-0.2, 0) is 10.0 Å². The van der Waals surface area contributed by atoms with Gasteiger partial charge in [-0.3, -0.25) is 4.79 Å². The molecular formula is C19H21FN2O3S. The van der Waals surface area contributed by atoms with Crippen molar-refractivity contribution < 1.29 is 17.6 Å². The van der Waals surface area contributed by atoms with E-state index in [0.29, 0.717) is 5.69 Å². The van der Waals surface area contributed by atoms with Gasteiger partial charge in [-0.05, 0) is 35.7 Å². The van der Waals surface area contributed by atoms with E-state index in [1.165, 1.54) is 12.1 Å². The maximum absolute atomic E-state index is 14.0. The standard InChI is InChI=1S/C19H21FN2O3S/c1-4-11-21-26(24,25)18-12-14(9-10-16(18)20)19(23)22-17-8-6-5-7-15(17)13(2)3/h4-10,12-13,21H,1,11H2,2-3H3,(H,22,23). The quantitative estimate of drug-likeness (QED) is 0.724. The van der Waals surface area contributed by atoms with Crippen LogP contribution in [-0.4, -0.2) is 20.9 Å². The average molecular weight is 376 g/mol. The Balaban J connectivity index is 2.34. The lowest BCUT2D eigenvalue weighted by atomic mass is 10.0. The number of rotatable bonds is 7. The van der Waals surface area contributed by atoms with Crippen LogP contribution in [0.4, 0.5) is 10.1 Å². The van der Waals surface area contributed by atoms with E-state index in [4.69, 9.17) is 0 Å². The van der Waals surface area contributed by atoms with Crippen molar-refractivity contribution in [2.75, 3.05) is 11.9 Å². The van der Waals surface area contributed by atoms with Crippen LogP contribution in [0.2, 0.25) is 0 Å². The van der Waals surface area contributed by atoms with Crippen molar-refractivity contribution in [2.45, 2.75) is 24.7 Å². The minimum Gasteiger partial charge on any atom is -0.322 e. The molecule has 0 atom stereocenters. The number of anilines is 1. The average Bonchev–Trinajstić information content (AvgIpc) is 2.60. The third kappa shape index (κ3) is 4.56. The molecule has 2 aromatic rings. The van der Waals surface area contributed by atoms with Crippen molar-refractivity contribution in [2.24, 2.45) is 0 Å². The molecule has 2 N–H and O–H groups in total. The largest absolute Gasteiger partial charge is 0.322 e. The maximum atomic E-state index is 14.0. The van der Waals surface area contributed by atoms with E-state index >= 15 is 0 Å². The Morgan fingerprint density at radius 1 is 1.23 bits per heavy atom. The fourth-order valence-corrected chi connectivity index (χ4v) is 3.51. The zero-order chi connectivity index (χ0) is 19.3. The second-order valence-corrected chi connectivity index (χ2v) is 7.72. The SMILES string of the molecule is C=CCNS(=O)(=O)c1cc(C(=O)Nc2ccccc2C(C)C)ccc1F. The molecule has 0 radical (unpaired) electrons. The topological polar surface area (TPSA) is 75.3 Å². The van der Waals surface area contributed by atoms with E-state index in [9.17, 15) is 17.6 Å². The molecule has 0 fully saturated rings. The molecule has 1 amide bonds. The number of halogens is 1. The summed E-state index contributed by atoms with van der Waals surface area (Å²) in [5.74, 6) is -1.25.